The number of nitrogens with two attached hydrogens (primary N) is 1. The molecule has 1 aliphatic carbocycles. The van der Waals surface area contributed by atoms with Crippen LogP contribution >= 0.6 is 0 Å². The van der Waals surface area contributed by atoms with E-state index in [1.54, 1.807) is 13.1 Å². The van der Waals surface area contributed by atoms with Gasteiger partial charge in [-0.3, -0.25) is 14.4 Å². The van der Waals surface area contributed by atoms with E-state index in [0.29, 0.717) is 5.92 Å². The molecule has 2 heterocycles. The number of amides is 3. The Hall–Kier alpha value is -4.05. The Kier molecular flexibility index (Phi) is 7.24. The number of benzene rings is 2. The highest BCUT2D eigenvalue weighted by atomic mass is 16.3. The van der Waals surface area contributed by atoms with Gasteiger partial charge in [-0.05, 0) is 36.5 Å². The second kappa shape index (κ2) is 10.7. The van der Waals surface area contributed by atoms with Crippen molar-refractivity contribution in [2.45, 2.75) is 62.8 Å². The van der Waals surface area contributed by atoms with Crippen LogP contribution in [0.3, 0.4) is 0 Å². The van der Waals surface area contributed by atoms with Crippen molar-refractivity contribution in [3.05, 3.63) is 72.1 Å². The minimum Gasteiger partial charge on any atom is -0.391 e. The molecule has 1 saturated heterocycles. The number of carbonyl (C=O) groups is 3. The molecule has 10 nitrogen and oxygen atoms in total. The van der Waals surface area contributed by atoms with E-state index < -0.39 is 36.0 Å². The summed E-state index contributed by atoms with van der Waals surface area (Å²) in [5, 5.41) is 21.3. The molecule has 4 atom stereocenters. The first-order valence-electron chi connectivity index (χ1n) is 12.9. The lowest BCUT2D eigenvalue weighted by Gasteiger charge is -2.27. The highest BCUT2D eigenvalue weighted by Crippen LogP contribution is 2.38. The number of aliphatic hydroxyl groups excluding tert-OH is 1. The molecule has 3 aromatic rings. The molecule has 2 aliphatic rings. The van der Waals surface area contributed by atoms with Crippen molar-refractivity contribution in [1.82, 2.24) is 25.2 Å². The van der Waals surface area contributed by atoms with Gasteiger partial charge < -0.3 is 21.1 Å². The van der Waals surface area contributed by atoms with Crippen LogP contribution in [-0.4, -0.2) is 67.5 Å². The number of hydrogen-bond acceptors (Lipinski definition) is 6. The summed E-state index contributed by atoms with van der Waals surface area (Å²) in [6.07, 6.45) is 3.34. The van der Waals surface area contributed by atoms with E-state index in [2.05, 4.69) is 15.6 Å². The second-order valence-corrected chi connectivity index (χ2v) is 10.2. The van der Waals surface area contributed by atoms with E-state index in [9.17, 15) is 19.5 Å². The zero-order chi connectivity index (χ0) is 26.8. The number of primary amides is 1. The van der Waals surface area contributed by atoms with E-state index in [1.165, 1.54) is 9.58 Å². The van der Waals surface area contributed by atoms with Crippen LogP contribution in [-0.2, 0) is 20.8 Å². The number of carbonyl (C=O) groups excluding carboxylic acids is 3. The van der Waals surface area contributed by atoms with Crippen molar-refractivity contribution in [1.29, 1.82) is 0 Å². The summed E-state index contributed by atoms with van der Waals surface area (Å²) in [6, 6.07) is 15.0. The first kappa shape index (κ1) is 25.6. The van der Waals surface area contributed by atoms with Gasteiger partial charge in [-0.25, -0.2) is 4.68 Å². The van der Waals surface area contributed by atoms with Gasteiger partial charge in [-0.15, -0.1) is 5.10 Å². The summed E-state index contributed by atoms with van der Waals surface area (Å²) >= 11 is 0. The Morgan fingerprint density at radius 1 is 1.08 bits per heavy atom. The van der Waals surface area contributed by atoms with Crippen molar-refractivity contribution < 1.29 is 19.5 Å². The maximum Gasteiger partial charge on any atom is 0.247 e. The SMILES string of the molecule is CC(C(=O)N1CC(O)CC1C(=O)NC(Cc1ccc(-c2ccccc2)cc1)C(N)=O)n1cc(C2CC2)nn1. The summed E-state index contributed by atoms with van der Waals surface area (Å²) in [4.78, 5) is 40.2. The lowest BCUT2D eigenvalue weighted by Crippen LogP contribution is -2.53. The molecule has 10 heteroatoms. The van der Waals surface area contributed by atoms with Crippen molar-refractivity contribution in [2.75, 3.05) is 6.54 Å². The third-order valence-electron chi connectivity index (χ3n) is 7.30. The predicted molar refractivity (Wildman–Crippen MR) is 140 cm³/mol. The van der Waals surface area contributed by atoms with E-state index in [4.69, 9.17) is 5.73 Å². The number of rotatable bonds is 9. The topological polar surface area (TPSA) is 143 Å². The van der Waals surface area contributed by atoms with Crippen LogP contribution in [0.15, 0.2) is 60.8 Å². The van der Waals surface area contributed by atoms with E-state index in [-0.39, 0.29) is 25.3 Å². The fourth-order valence-electron chi connectivity index (χ4n) is 4.90. The second-order valence-electron chi connectivity index (χ2n) is 10.2. The average Bonchev–Trinajstić information content (AvgIpc) is 3.52. The zero-order valence-electron chi connectivity index (χ0n) is 21.2. The van der Waals surface area contributed by atoms with Gasteiger partial charge in [0.1, 0.15) is 18.1 Å². The molecule has 4 unspecified atom stereocenters. The maximum atomic E-state index is 13.3. The van der Waals surface area contributed by atoms with Gasteiger partial charge in [-0.2, -0.15) is 0 Å². The molecule has 1 saturated carbocycles. The summed E-state index contributed by atoms with van der Waals surface area (Å²) < 4.78 is 1.50. The zero-order valence-corrected chi connectivity index (χ0v) is 21.2. The molecule has 2 fully saturated rings. The third kappa shape index (κ3) is 5.60. The van der Waals surface area contributed by atoms with Crippen LogP contribution in [0.1, 0.15) is 49.4 Å². The Balaban J connectivity index is 1.25. The smallest absolute Gasteiger partial charge is 0.247 e. The minimum atomic E-state index is -0.964. The Bertz CT molecular complexity index is 1300. The fourth-order valence-corrected chi connectivity index (χ4v) is 4.90. The number of aliphatic hydroxyl groups is 1. The van der Waals surface area contributed by atoms with E-state index in [0.717, 1.165) is 35.2 Å². The van der Waals surface area contributed by atoms with Crippen LogP contribution in [0.5, 0.6) is 0 Å². The lowest BCUT2D eigenvalue weighted by molar-refractivity contribution is -0.141. The van der Waals surface area contributed by atoms with Gasteiger partial charge in [-0.1, -0.05) is 59.8 Å². The van der Waals surface area contributed by atoms with Crippen LogP contribution in [0.4, 0.5) is 0 Å². The summed E-state index contributed by atoms with van der Waals surface area (Å²) in [5.41, 5.74) is 9.44. The molecule has 2 aromatic carbocycles. The molecule has 3 amide bonds. The monoisotopic (exact) mass is 516 g/mol. The molecule has 1 aliphatic heterocycles. The molecule has 0 bridgehead atoms. The molecule has 198 valence electrons. The third-order valence-corrected chi connectivity index (χ3v) is 7.30. The Labute approximate surface area is 220 Å². The number of likely N-dealkylation sites (tertiary alicyclic amines) is 1. The fraction of sp³-hybridized carbons (Fsp3) is 0.393. The molecule has 0 radical (unpaired) electrons. The first-order valence-corrected chi connectivity index (χ1v) is 12.9. The van der Waals surface area contributed by atoms with Gasteiger partial charge in [0, 0.05) is 31.5 Å². The highest BCUT2D eigenvalue weighted by Gasteiger charge is 2.42. The number of nitrogens with zero attached hydrogens (tertiary/aromatic N) is 4. The molecular formula is C28H32N6O4. The Morgan fingerprint density at radius 3 is 2.42 bits per heavy atom. The summed E-state index contributed by atoms with van der Waals surface area (Å²) in [5.74, 6) is -1.14. The van der Waals surface area contributed by atoms with Gasteiger partial charge in [0.2, 0.25) is 17.7 Å². The van der Waals surface area contributed by atoms with E-state index in [1.807, 2.05) is 54.6 Å². The van der Waals surface area contributed by atoms with Gasteiger partial charge in [0.15, 0.2) is 0 Å². The minimum absolute atomic E-state index is 0.0215. The maximum absolute atomic E-state index is 13.3. The van der Waals surface area contributed by atoms with Gasteiger partial charge >= 0.3 is 0 Å². The molecule has 1 aromatic heterocycles. The standard InChI is InChI=1S/C28H32N6O4/c1-17(34-16-24(31-32-34)21-11-12-21)28(38)33-15-22(35)14-25(33)27(37)30-23(26(29)36)13-18-7-9-20(10-8-18)19-5-3-2-4-6-19/h2-10,16-17,21-23,25,35H,11-15H2,1H3,(H2,29,36)(H,30,37). The quantitative estimate of drug-likeness (QED) is 0.394. The van der Waals surface area contributed by atoms with Gasteiger partial charge in [0.05, 0.1) is 11.8 Å². The number of aromatic nitrogens is 3. The normalized spacial score (nSPS) is 20.6. The predicted octanol–water partition coefficient (Wildman–Crippen LogP) is 1.56. The Morgan fingerprint density at radius 2 is 1.76 bits per heavy atom. The van der Waals surface area contributed by atoms with Gasteiger partial charge in [0.25, 0.3) is 0 Å². The average molecular weight is 517 g/mol. The lowest BCUT2D eigenvalue weighted by atomic mass is 10.00. The molecular weight excluding hydrogens is 484 g/mol. The van der Waals surface area contributed by atoms with Crippen LogP contribution < -0.4 is 11.1 Å². The number of hydrogen-bond donors (Lipinski definition) is 3. The van der Waals surface area contributed by atoms with Crippen LogP contribution in [0.25, 0.3) is 11.1 Å². The van der Waals surface area contributed by atoms with Crippen LogP contribution in [0, 0.1) is 0 Å². The van der Waals surface area contributed by atoms with Crippen molar-refractivity contribution >= 4 is 17.7 Å². The number of nitrogens with one attached hydrogen (secondary N) is 1. The summed E-state index contributed by atoms with van der Waals surface area (Å²) in [7, 11) is 0. The molecule has 5 rings (SSSR count). The molecule has 0 spiro atoms. The van der Waals surface area contributed by atoms with Crippen molar-refractivity contribution in [3.8, 4) is 11.1 Å². The summed E-state index contributed by atoms with van der Waals surface area (Å²) in [6.45, 7) is 1.71. The molecule has 38 heavy (non-hydrogen) atoms. The highest BCUT2D eigenvalue weighted by molar-refractivity contribution is 5.93. The number of β-amino-alcohol motifs (C(OH)–C–C–N with tert-alkyl or cyclic N) is 1. The largest absolute Gasteiger partial charge is 0.391 e. The van der Waals surface area contributed by atoms with Crippen molar-refractivity contribution in [2.24, 2.45) is 5.73 Å². The first-order chi connectivity index (χ1) is 18.3. The van der Waals surface area contributed by atoms with Crippen molar-refractivity contribution in [3.63, 3.8) is 0 Å². The van der Waals surface area contributed by atoms with E-state index >= 15 is 0 Å². The molecule has 4 N–H and O–H groups in total. The van der Waals surface area contributed by atoms with Crippen LogP contribution in [0.2, 0.25) is 0 Å².